The molecule has 3 rings (SSSR count). The van der Waals surface area contributed by atoms with Gasteiger partial charge in [-0.05, 0) is 37.1 Å². The van der Waals surface area contributed by atoms with E-state index in [0.717, 1.165) is 37.4 Å². The first-order chi connectivity index (χ1) is 11.3. The Balaban J connectivity index is 1.68. The molecule has 120 valence electrons. The fourth-order valence-corrected chi connectivity index (χ4v) is 2.96. The number of hydrogen-bond acceptors (Lipinski definition) is 4. The fraction of sp³-hybridized carbons (Fsp3) is 0.333. The van der Waals surface area contributed by atoms with Crippen LogP contribution >= 0.6 is 0 Å². The maximum atomic E-state index is 12.3. The maximum absolute atomic E-state index is 12.3. The molecule has 0 spiro atoms. The lowest BCUT2D eigenvalue weighted by molar-refractivity contribution is 0.0928. The highest BCUT2D eigenvalue weighted by Gasteiger charge is 2.23. The molecule has 1 amide bonds. The summed E-state index contributed by atoms with van der Waals surface area (Å²) in [6.45, 7) is 1.75. The Morgan fingerprint density at radius 3 is 2.87 bits per heavy atom. The van der Waals surface area contributed by atoms with E-state index in [9.17, 15) is 4.79 Å². The summed E-state index contributed by atoms with van der Waals surface area (Å²) >= 11 is 0. The molecule has 1 atom stereocenters. The summed E-state index contributed by atoms with van der Waals surface area (Å²) < 4.78 is 5.45. The van der Waals surface area contributed by atoms with Gasteiger partial charge in [-0.3, -0.25) is 9.78 Å². The zero-order valence-electron chi connectivity index (χ0n) is 13.2. The molecule has 2 aromatic rings. The van der Waals surface area contributed by atoms with Gasteiger partial charge in [-0.15, -0.1) is 0 Å². The predicted octanol–water partition coefficient (Wildman–Crippen LogP) is 2.49. The molecule has 5 nitrogen and oxygen atoms in total. The van der Waals surface area contributed by atoms with Crippen LogP contribution in [0.5, 0.6) is 5.75 Å². The summed E-state index contributed by atoms with van der Waals surface area (Å²) in [6, 6.07) is 13.5. The second kappa shape index (κ2) is 7.13. The number of anilines is 1. The summed E-state index contributed by atoms with van der Waals surface area (Å²) in [5.74, 6) is 0.752. The second-order valence-corrected chi connectivity index (χ2v) is 5.65. The number of methoxy groups -OCH3 is 1. The first kappa shape index (κ1) is 15.3. The van der Waals surface area contributed by atoms with Crippen molar-refractivity contribution in [3.63, 3.8) is 0 Å². The van der Waals surface area contributed by atoms with Crippen LogP contribution in [0.4, 0.5) is 5.69 Å². The van der Waals surface area contributed by atoms with Crippen LogP contribution in [0.25, 0.3) is 0 Å². The molecule has 23 heavy (non-hydrogen) atoms. The Kier molecular flexibility index (Phi) is 4.76. The SMILES string of the molecule is COc1ccccc1N1CCC[C@H](NC(=O)c2ccccn2)C1. The van der Waals surface area contributed by atoms with Crippen LogP contribution in [0.2, 0.25) is 0 Å². The van der Waals surface area contributed by atoms with Crippen molar-refractivity contribution in [2.75, 3.05) is 25.1 Å². The van der Waals surface area contributed by atoms with Crippen molar-refractivity contribution < 1.29 is 9.53 Å². The van der Waals surface area contributed by atoms with E-state index >= 15 is 0 Å². The third kappa shape index (κ3) is 3.62. The van der Waals surface area contributed by atoms with Gasteiger partial charge in [0.2, 0.25) is 0 Å². The van der Waals surface area contributed by atoms with Crippen molar-refractivity contribution >= 4 is 11.6 Å². The van der Waals surface area contributed by atoms with Gasteiger partial charge in [-0.2, -0.15) is 0 Å². The molecule has 5 heteroatoms. The highest BCUT2D eigenvalue weighted by Crippen LogP contribution is 2.29. The molecule has 1 aromatic carbocycles. The molecule has 1 aliphatic heterocycles. The lowest BCUT2D eigenvalue weighted by Gasteiger charge is -2.35. The standard InChI is InChI=1S/C18H21N3O2/c1-23-17-10-3-2-9-16(17)21-12-6-7-14(13-21)20-18(22)15-8-4-5-11-19-15/h2-5,8-11,14H,6-7,12-13H2,1H3,(H,20,22)/t14-/m0/s1. The van der Waals surface area contributed by atoms with Gasteiger partial charge in [0.25, 0.3) is 5.91 Å². The van der Waals surface area contributed by atoms with Gasteiger partial charge in [0.1, 0.15) is 11.4 Å². The molecule has 0 bridgehead atoms. The molecule has 0 unspecified atom stereocenters. The average Bonchev–Trinajstić information content (AvgIpc) is 2.62. The third-order valence-electron chi connectivity index (χ3n) is 4.08. The van der Waals surface area contributed by atoms with Crippen LogP contribution in [0, 0.1) is 0 Å². The number of amides is 1. The average molecular weight is 311 g/mol. The highest BCUT2D eigenvalue weighted by molar-refractivity contribution is 5.92. The zero-order valence-corrected chi connectivity index (χ0v) is 13.2. The fourth-order valence-electron chi connectivity index (χ4n) is 2.96. The summed E-state index contributed by atoms with van der Waals surface area (Å²) in [7, 11) is 1.68. The minimum absolute atomic E-state index is 0.113. The van der Waals surface area contributed by atoms with Gasteiger partial charge >= 0.3 is 0 Å². The number of carbonyl (C=O) groups is 1. The van der Waals surface area contributed by atoms with Crippen LogP contribution in [-0.4, -0.2) is 37.1 Å². The first-order valence-corrected chi connectivity index (χ1v) is 7.88. The summed E-state index contributed by atoms with van der Waals surface area (Å²) in [6.07, 6.45) is 3.65. The first-order valence-electron chi connectivity index (χ1n) is 7.88. The van der Waals surface area contributed by atoms with Crippen molar-refractivity contribution in [2.24, 2.45) is 0 Å². The summed E-state index contributed by atoms with van der Waals surface area (Å²) in [5, 5.41) is 3.09. The second-order valence-electron chi connectivity index (χ2n) is 5.65. The number of aromatic nitrogens is 1. The quantitative estimate of drug-likeness (QED) is 0.942. The van der Waals surface area contributed by atoms with Crippen LogP contribution < -0.4 is 15.0 Å². The number of para-hydroxylation sites is 2. The number of nitrogens with zero attached hydrogens (tertiary/aromatic N) is 2. The van der Waals surface area contributed by atoms with E-state index in [-0.39, 0.29) is 11.9 Å². The van der Waals surface area contributed by atoms with Gasteiger partial charge in [-0.1, -0.05) is 18.2 Å². The Labute approximate surface area is 136 Å². The zero-order chi connectivity index (χ0) is 16.1. The number of ether oxygens (including phenoxy) is 1. The predicted molar refractivity (Wildman–Crippen MR) is 89.9 cm³/mol. The van der Waals surface area contributed by atoms with Crippen molar-refractivity contribution in [3.8, 4) is 5.75 Å². The van der Waals surface area contributed by atoms with Crippen molar-refractivity contribution in [1.29, 1.82) is 0 Å². The summed E-state index contributed by atoms with van der Waals surface area (Å²) in [4.78, 5) is 18.6. The number of rotatable bonds is 4. The number of piperidine rings is 1. The van der Waals surface area contributed by atoms with E-state index in [1.165, 1.54) is 0 Å². The van der Waals surface area contributed by atoms with Gasteiger partial charge in [0, 0.05) is 25.3 Å². The Morgan fingerprint density at radius 2 is 2.09 bits per heavy atom. The van der Waals surface area contributed by atoms with Crippen molar-refractivity contribution in [2.45, 2.75) is 18.9 Å². The smallest absolute Gasteiger partial charge is 0.270 e. The maximum Gasteiger partial charge on any atom is 0.270 e. The highest BCUT2D eigenvalue weighted by atomic mass is 16.5. The molecule has 1 fully saturated rings. The Hall–Kier alpha value is -2.56. The lowest BCUT2D eigenvalue weighted by Crippen LogP contribution is -2.48. The Morgan fingerprint density at radius 1 is 1.26 bits per heavy atom. The number of benzene rings is 1. The molecule has 1 aromatic heterocycles. The molecule has 1 N–H and O–H groups in total. The molecular weight excluding hydrogens is 290 g/mol. The topological polar surface area (TPSA) is 54.5 Å². The number of hydrogen-bond donors (Lipinski definition) is 1. The van der Waals surface area contributed by atoms with Crippen LogP contribution in [0.15, 0.2) is 48.7 Å². The van der Waals surface area contributed by atoms with Gasteiger partial charge < -0.3 is 15.0 Å². The van der Waals surface area contributed by atoms with Crippen molar-refractivity contribution in [3.05, 3.63) is 54.4 Å². The molecule has 0 aliphatic carbocycles. The number of pyridine rings is 1. The van der Waals surface area contributed by atoms with Crippen LogP contribution in [0.1, 0.15) is 23.3 Å². The molecule has 1 saturated heterocycles. The lowest BCUT2D eigenvalue weighted by atomic mass is 10.0. The van der Waals surface area contributed by atoms with Crippen LogP contribution in [0.3, 0.4) is 0 Å². The third-order valence-corrected chi connectivity index (χ3v) is 4.08. The number of nitrogens with one attached hydrogen (secondary N) is 1. The van der Waals surface area contributed by atoms with Gasteiger partial charge in [-0.25, -0.2) is 0 Å². The van der Waals surface area contributed by atoms with Gasteiger partial charge in [0.15, 0.2) is 0 Å². The Bertz CT molecular complexity index is 660. The van der Waals surface area contributed by atoms with Crippen molar-refractivity contribution in [1.82, 2.24) is 10.3 Å². The van der Waals surface area contributed by atoms with E-state index in [4.69, 9.17) is 4.74 Å². The monoisotopic (exact) mass is 311 g/mol. The largest absolute Gasteiger partial charge is 0.495 e. The van der Waals surface area contributed by atoms with Crippen LogP contribution in [-0.2, 0) is 0 Å². The molecule has 1 aliphatic rings. The van der Waals surface area contributed by atoms with Gasteiger partial charge in [0.05, 0.1) is 12.8 Å². The number of carbonyl (C=O) groups excluding carboxylic acids is 1. The normalized spacial score (nSPS) is 17.6. The molecule has 2 heterocycles. The van der Waals surface area contributed by atoms with E-state index in [1.54, 1.807) is 25.4 Å². The van der Waals surface area contributed by atoms with E-state index in [1.807, 2.05) is 24.3 Å². The van der Waals surface area contributed by atoms with E-state index in [0.29, 0.717) is 5.69 Å². The van der Waals surface area contributed by atoms with E-state index < -0.39 is 0 Å². The molecule has 0 saturated carbocycles. The minimum Gasteiger partial charge on any atom is -0.495 e. The molecule has 0 radical (unpaired) electrons. The minimum atomic E-state index is -0.113. The molecular formula is C18H21N3O2. The summed E-state index contributed by atoms with van der Waals surface area (Å²) in [5.41, 5.74) is 1.54. The van der Waals surface area contributed by atoms with E-state index in [2.05, 4.69) is 21.3 Å².